The average Bonchev–Trinajstić information content (AvgIpc) is 3.62. The van der Waals surface area contributed by atoms with Gasteiger partial charge in [-0.2, -0.15) is 4.31 Å². The fraction of sp³-hybridized carbons (Fsp3) is 0.250. The molecule has 1 unspecified atom stereocenters. The number of fused-ring (bicyclic) bond motifs is 2. The highest BCUT2D eigenvalue weighted by atomic mass is 35.5. The maximum atomic E-state index is 13.8. The van der Waals surface area contributed by atoms with Crippen molar-refractivity contribution >= 4 is 49.6 Å². The number of nitrogens with zero attached hydrogens (tertiary/aromatic N) is 2. The molecule has 1 amide bonds. The van der Waals surface area contributed by atoms with Gasteiger partial charge in [0.1, 0.15) is 0 Å². The summed E-state index contributed by atoms with van der Waals surface area (Å²) in [7, 11) is -3.83. The molecule has 1 fully saturated rings. The van der Waals surface area contributed by atoms with Crippen molar-refractivity contribution in [1.29, 1.82) is 0 Å². The van der Waals surface area contributed by atoms with E-state index in [1.807, 2.05) is 59.5 Å². The Kier molecular flexibility index (Phi) is 6.12. The second-order valence-corrected chi connectivity index (χ2v) is 12.7. The van der Waals surface area contributed by atoms with Crippen molar-refractivity contribution in [2.75, 3.05) is 13.1 Å². The molecule has 1 saturated carbocycles. The van der Waals surface area contributed by atoms with Gasteiger partial charge in [0.15, 0.2) is 0 Å². The van der Waals surface area contributed by atoms with E-state index in [2.05, 4.69) is 11.4 Å². The SMILES string of the molecule is O=C(CN(C1CC1)S(=O)(=O)c1ccc2ccccc2c1)N1CCc2sccc2C1c1ccc(Cl)cc1. The Balaban J connectivity index is 1.32. The van der Waals surface area contributed by atoms with Gasteiger partial charge in [0, 0.05) is 22.5 Å². The van der Waals surface area contributed by atoms with E-state index in [1.165, 1.54) is 9.18 Å². The van der Waals surface area contributed by atoms with Crippen molar-refractivity contribution in [3.05, 3.63) is 99.2 Å². The number of sulfonamides is 1. The molecule has 0 saturated heterocycles. The average molecular weight is 537 g/mol. The molecule has 0 radical (unpaired) electrons. The number of carbonyl (C=O) groups is 1. The predicted octanol–water partition coefficient (Wildman–Crippen LogP) is 5.88. The van der Waals surface area contributed by atoms with E-state index in [0.29, 0.717) is 11.6 Å². The van der Waals surface area contributed by atoms with E-state index >= 15 is 0 Å². The van der Waals surface area contributed by atoms with Crippen LogP contribution in [-0.4, -0.2) is 42.7 Å². The van der Waals surface area contributed by atoms with Crippen LogP contribution in [0.3, 0.4) is 0 Å². The molecule has 6 rings (SSSR count). The highest BCUT2D eigenvalue weighted by Gasteiger charge is 2.42. The van der Waals surface area contributed by atoms with Gasteiger partial charge >= 0.3 is 0 Å². The molecule has 8 heteroatoms. The predicted molar refractivity (Wildman–Crippen MR) is 144 cm³/mol. The molecule has 0 bridgehead atoms. The molecule has 5 nitrogen and oxygen atoms in total. The Morgan fingerprint density at radius 1 is 1.00 bits per heavy atom. The molecule has 1 aliphatic carbocycles. The normalized spacial score (nSPS) is 17.9. The zero-order chi connectivity index (χ0) is 24.9. The summed E-state index contributed by atoms with van der Waals surface area (Å²) in [6.07, 6.45) is 2.31. The molecule has 0 N–H and O–H groups in total. The van der Waals surface area contributed by atoms with Crippen molar-refractivity contribution in [1.82, 2.24) is 9.21 Å². The summed E-state index contributed by atoms with van der Waals surface area (Å²) in [5.41, 5.74) is 2.08. The highest BCUT2D eigenvalue weighted by molar-refractivity contribution is 7.89. The fourth-order valence-electron chi connectivity index (χ4n) is 5.05. The van der Waals surface area contributed by atoms with Crippen LogP contribution in [0.2, 0.25) is 5.02 Å². The van der Waals surface area contributed by atoms with Crippen LogP contribution < -0.4 is 0 Å². The highest BCUT2D eigenvalue weighted by Crippen LogP contribution is 2.39. The quantitative estimate of drug-likeness (QED) is 0.309. The van der Waals surface area contributed by atoms with Gasteiger partial charge < -0.3 is 4.90 Å². The van der Waals surface area contributed by atoms with Gasteiger partial charge in [0.25, 0.3) is 0 Å². The lowest BCUT2D eigenvalue weighted by Gasteiger charge is -2.37. The summed E-state index contributed by atoms with van der Waals surface area (Å²) in [6.45, 7) is 0.386. The van der Waals surface area contributed by atoms with Gasteiger partial charge in [0.05, 0.1) is 17.5 Å². The van der Waals surface area contributed by atoms with Crippen molar-refractivity contribution in [3.8, 4) is 0 Å². The van der Waals surface area contributed by atoms with Crippen LogP contribution in [0.5, 0.6) is 0 Å². The Labute approximate surface area is 220 Å². The lowest BCUT2D eigenvalue weighted by atomic mass is 9.93. The fourth-order valence-corrected chi connectivity index (χ4v) is 7.75. The van der Waals surface area contributed by atoms with E-state index < -0.39 is 10.0 Å². The lowest BCUT2D eigenvalue weighted by Crippen LogP contribution is -2.47. The van der Waals surface area contributed by atoms with Crippen molar-refractivity contribution in [2.45, 2.75) is 36.2 Å². The number of hydrogen-bond donors (Lipinski definition) is 0. The zero-order valence-corrected chi connectivity index (χ0v) is 21.9. The molecule has 0 spiro atoms. The number of benzene rings is 3. The lowest BCUT2D eigenvalue weighted by molar-refractivity contribution is -0.133. The summed E-state index contributed by atoms with van der Waals surface area (Å²) in [6, 6.07) is 22.1. The Morgan fingerprint density at radius 2 is 1.75 bits per heavy atom. The zero-order valence-electron chi connectivity index (χ0n) is 19.5. The second kappa shape index (κ2) is 9.30. The van der Waals surface area contributed by atoms with Crippen LogP contribution in [-0.2, 0) is 21.2 Å². The smallest absolute Gasteiger partial charge is 0.243 e. The largest absolute Gasteiger partial charge is 0.330 e. The van der Waals surface area contributed by atoms with E-state index in [0.717, 1.165) is 41.2 Å². The summed E-state index contributed by atoms with van der Waals surface area (Å²) in [5, 5.41) is 4.54. The van der Waals surface area contributed by atoms with Gasteiger partial charge in [-0.1, -0.05) is 54.1 Å². The Hall–Kier alpha value is -2.71. The third kappa shape index (κ3) is 4.34. The summed E-state index contributed by atoms with van der Waals surface area (Å²) in [5.74, 6) is -0.178. The molecule has 3 aromatic carbocycles. The van der Waals surface area contributed by atoms with Crippen LogP contribution in [0.1, 0.15) is 34.9 Å². The summed E-state index contributed by atoms with van der Waals surface area (Å²) < 4.78 is 28.9. The van der Waals surface area contributed by atoms with Crippen LogP contribution in [0.15, 0.2) is 83.1 Å². The molecule has 184 valence electrons. The maximum Gasteiger partial charge on any atom is 0.243 e. The Morgan fingerprint density at radius 3 is 2.50 bits per heavy atom. The minimum absolute atomic E-state index is 0.138. The van der Waals surface area contributed by atoms with Gasteiger partial charge in [-0.25, -0.2) is 8.42 Å². The molecule has 4 aromatic rings. The van der Waals surface area contributed by atoms with E-state index in [1.54, 1.807) is 23.5 Å². The van der Waals surface area contributed by atoms with E-state index in [4.69, 9.17) is 11.6 Å². The second-order valence-electron chi connectivity index (χ2n) is 9.38. The third-order valence-electron chi connectivity index (χ3n) is 7.04. The number of thiophene rings is 1. The summed E-state index contributed by atoms with van der Waals surface area (Å²) >= 11 is 7.83. The first-order valence-corrected chi connectivity index (χ1v) is 14.7. The van der Waals surface area contributed by atoms with Crippen molar-refractivity contribution in [3.63, 3.8) is 0 Å². The van der Waals surface area contributed by atoms with Gasteiger partial charge in [-0.3, -0.25) is 4.79 Å². The number of carbonyl (C=O) groups excluding carboxylic acids is 1. The van der Waals surface area contributed by atoms with Crippen LogP contribution in [0, 0.1) is 0 Å². The monoisotopic (exact) mass is 536 g/mol. The van der Waals surface area contributed by atoms with Gasteiger partial charge in [-0.05, 0) is 76.9 Å². The summed E-state index contributed by atoms with van der Waals surface area (Å²) in [4.78, 5) is 17.1. The number of hydrogen-bond acceptors (Lipinski definition) is 4. The van der Waals surface area contributed by atoms with Gasteiger partial charge in [-0.15, -0.1) is 11.3 Å². The topological polar surface area (TPSA) is 57.7 Å². The maximum absolute atomic E-state index is 13.8. The molecule has 2 heterocycles. The minimum atomic E-state index is -3.83. The first-order valence-electron chi connectivity index (χ1n) is 12.0. The standard InChI is InChI=1S/C28H25ClN2O3S2/c29-22-8-5-20(6-9-22)28-25-14-16-35-26(25)13-15-30(28)27(32)18-31(23-10-11-23)36(33,34)24-12-7-19-3-1-2-4-21(19)17-24/h1-9,12,14,16-17,23,28H,10-11,13,15,18H2. The van der Waals surface area contributed by atoms with Crippen LogP contribution in [0.4, 0.5) is 0 Å². The Bertz CT molecular complexity index is 1540. The third-order valence-corrected chi connectivity index (χ3v) is 10.2. The molecule has 1 atom stereocenters. The number of halogens is 1. The number of rotatable bonds is 6. The van der Waals surface area contributed by atoms with Crippen molar-refractivity contribution in [2.24, 2.45) is 0 Å². The number of amides is 1. The molecule has 1 aromatic heterocycles. The molecule has 2 aliphatic rings. The van der Waals surface area contributed by atoms with Crippen LogP contribution in [0.25, 0.3) is 10.8 Å². The minimum Gasteiger partial charge on any atom is -0.330 e. The van der Waals surface area contributed by atoms with Gasteiger partial charge in [0.2, 0.25) is 15.9 Å². The molecular weight excluding hydrogens is 512 g/mol. The molecular formula is C28H25ClN2O3S2. The molecule has 1 aliphatic heterocycles. The molecule has 36 heavy (non-hydrogen) atoms. The van der Waals surface area contributed by atoms with Crippen molar-refractivity contribution < 1.29 is 13.2 Å². The first-order chi connectivity index (χ1) is 17.4. The first kappa shape index (κ1) is 23.7. The van der Waals surface area contributed by atoms with E-state index in [-0.39, 0.29) is 29.4 Å². The van der Waals surface area contributed by atoms with Crippen LogP contribution >= 0.6 is 22.9 Å². The van der Waals surface area contributed by atoms with E-state index in [9.17, 15) is 13.2 Å².